The Morgan fingerprint density at radius 3 is 2.38 bits per heavy atom. The van der Waals surface area contributed by atoms with Crippen LogP contribution in [0.25, 0.3) is 0 Å². The first-order valence-electron chi connectivity index (χ1n) is 5.82. The van der Waals surface area contributed by atoms with E-state index in [-0.39, 0.29) is 5.56 Å². The number of nitro benzene ring substituents is 1. The molecule has 2 rings (SSSR count). The highest BCUT2D eigenvalue weighted by Gasteiger charge is 2.16. The maximum Gasteiger partial charge on any atom is 0.272 e. The van der Waals surface area contributed by atoms with Crippen LogP contribution in [-0.4, -0.2) is 17.1 Å². The Labute approximate surface area is 118 Å². The van der Waals surface area contributed by atoms with Crippen molar-refractivity contribution in [2.45, 2.75) is 0 Å². The molecule has 0 saturated heterocycles. The van der Waals surface area contributed by atoms with E-state index >= 15 is 0 Å². The molecule has 0 heterocycles. The number of carbonyl (C=O) groups excluding carboxylic acids is 2. The van der Waals surface area contributed by atoms with Crippen molar-refractivity contribution in [3.8, 4) is 0 Å². The van der Waals surface area contributed by atoms with Gasteiger partial charge in [-0.1, -0.05) is 0 Å². The summed E-state index contributed by atoms with van der Waals surface area (Å²) in [4.78, 5) is 32.1. The summed E-state index contributed by atoms with van der Waals surface area (Å²) in [7, 11) is 0. The van der Waals surface area contributed by atoms with Crippen LogP contribution in [0, 0.1) is 15.9 Å². The first-order valence-corrected chi connectivity index (χ1v) is 5.82. The SMILES string of the molecule is O=Cc1ccc(NC(=O)c2ccc([N+](=O)[O-])cc2F)cc1. The van der Waals surface area contributed by atoms with E-state index in [0.717, 1.165) is 12.1 Å². The molecule has 0 aliphatic rings. The molecular formula is C14H9FN2O4. The standard InChI is InChI=1S/C14H9FN2O4/c15-13-7-11(17(20)21)5-6-12(13)14(19)16-10-3-1-9(8-18)2-4-10/h1-8H,(H,16,19). The van der Waals surface area contributed by atoms with Crippen molar-refractivity contribution in [2.24, 2.45) is 0 Å². The number of aldehydes is 1. The summed E-state index contributed by atoms with van der Waals surface area (Å²) >= 11 is 0. The van der Waals surface area contributed by atoms with Crippen LogP contribution >= 0.6 is 0 Å². The second-order valence-corrected chi connectivity index (χ2v) is 4.12. The van der Waals surface area contributed by atoms with E-state index in [1.807, 2.05) is 0 Å². The molecule has 0 aliphatic carbocycles. The van der Waals surface area contributed by atoms with Crippen molar-refractivity contribution >= 4 is 23.6 Å². The zero-order valence-corrected chi connectivity index (χ0v) is 10.6. The van der Waals surface area contributed by atoms with E-state index in [1.54, 1.807) is 0 Å². The summed E-state index contributed by atoms with van der Waals surface area (Å²) in [5.74, 6) is -1.72. The van der Waals surface area contributed by atoms with Crippen molar-refractivity contribution in [1.82, 2.24) is 0 Å². The van der Waals surface area contributed by atoms with Crippen molar-refractivity contribution in [3.63, 3.8) is 0 Å². The van der Waals surface area contributed by atoms with Gasteiger partial charge in [0.2, 0.25) is 0 Å². The minimum absolute atomic E-state index is 0.305. The maximum atomic E-state index is 13.7. The molecule has 1 N–H and O–H groups in total. The molecule has 21 heavy (non-hydrogen) atoms. The van der Waals surface area contributed by atoms with Crippen LogP contribution in [-0.2, 0) is 0 Å². The van der Waals surface area contributed by atoms with Gasteiger partial charge in [0.1, 0.15) is 12.1 Å². The number of amides is 1. The molecule has 0 spiro atoms. The van der Waals surface area contributed by atoms with E-state index in [1.165, 1.54) is 24.3 Å². The van der Waals surface area contributed by atoms with E-state index in [0.29, 0.717) is 23.6 Å². The second-order valence-electron chi connectivity index (χ2n) is 4.12. The Hall–Kier alpha value is -3.09. The quantitative estimate of drug-likeness (QED) is 0.532. The summed E-state index contributed by atoms with van der Waals surface area (Å²) in [6, 6.07) is 8.75. The molecule has 0 fully saturated rings. The van der Waals surface area contributed by atoms with Crippen molar-refractivity contribution in [3.05, 3.63) is 69.5 Å². The summed E-state index contributed by atoms with van der Waals surface area (Å²) < 4.78 is 13.7. The predicted molar refractivity (Wildman–Crippen MR) is 72.8 cm³/mol. The second kappa shape index (κ2) is 5.91. The van der Waals surface area contributed by atoms with E-state index in [2.05, 4.69) is 5.32 Å². The van der Waals surface area contributed by atoms with Crippen LogP contribution < -0.4 is 5.32 Å². The highest BCUT2D eigenvalue weighted by molar-refractivity contribution is 6.04. The first-order chi connectivity index (χ1) is 10.0. The average Bonchev–Trinajstić information content (AvgIpc) is 2.47. The monoisotopic (exact) mass is 288 g/mol. The summed E-state index contributed by atoms with van der Waals surface area (Å²) in [5, 5.41) is 12.9. The van der Waals surface area contributed by atoms with Gasteiger partial charge in [0.05, 0.1) is 16.6 Å². The lowest BCUT2D eigenvalue weighted by Gasteiger charge is -2.06. The molecule has 0 saturated carbocycles. The highest BCUT2D eigenvalue weighted by atomic mass is 19.1. The minimum atomic E-state index is -0.980. The number of nitrogens with zero attached hydrogens (tertiary/aromatic N) is 1. The number of anilines is 1. The van der Waals surface area contributed by atoms with E-state index in [9.17, 15) is 24.1 Å². The molecule has 106 valence electrons. The van der Waals surface area contributed by atoms with Gasteiger partial charge in [0, 0.05) is 17.3 Å². The molecule has 0 unspecified atom stereocenters. The average molecular weight is 288 g/mol. The molecule has 7 heteroatoms. The molecule has 0 aromatic heterocycles. The number of hydrogen-bond donors (Lipinski definition) is 1. The molecule has 6 nitrogen and oxygen atoms in total. The number of rotatable bonds is 4. The van der Waals surface area contributed by atoms with Crippen molar-refractivity contribution < 1.29 is 18.9 Å². The third-order valence-electron chi connectivity index (χ3n) is 2.71. The number of nitrogens with one attached hydrogen (secondary N) is 1. The van der Waals surface area contributed by atoms with Crippen LogP contribution in [0.15, 0.2) is 42.5 Å². The van der Waals surface area contributed by atoms with Crippen LogP contribution in [0.4, 0.5) is 15.8 Å². The van der Waals surface area contributed by atoms with Crippen LogP contribution in [0.2, 0.25) is 0 Å². The van der Waals surface area contributed by atoms with Gasteiger partial charge in [-0.25, -0.2) is 4.39 Å². The molecule has 0 atom stereocenters. The van der Waals surface area contributed by atoms with Crippen LogP contribution in [0.3, 0.4) is 0 Å². The van der Waals surface area contributed by atoms with Gasteiger partial charge >= 0.3 is 0 Å². The number of non-ortho nitro benzene ring substituents is 1. The van der Waals surface area contributed by atoms with Gasteiger partial charge in [-0.3, -0.25) is 19.7 Å². The van der Waals surface area contributed by atoms with Gasteiger partial charge in [0.15, 0.2) is 0 Å². The Bertz CT molecular complexity index is 713. The lowest BCUT2D eigenvalue weighted by Crippen LogP contribution is -2.13. The van der Waals surface area contributed by atoms with E-state index < -0.39 is 22.3 Å². The lowest BCUT2D eigenvalue weighted by molar-refractivity contribution is -0.385. The number of halogens is 1. The zero-order valence-electron chi connectivity index (χ0n) is 10.6. The van der Waals surface area contributed by atoms with Gasteiger partial charge in [-0.2, -0.15) is 0 Å². The molecule has 1 amide bonds. The lowest BCUT2D eigenvalue weighted by atomic mass is 10.1. The maximum absolute atomic E-state index is 13.7. The van der Waals surface area contributed by atoms with Crippen LogP contribution in [0.1, 0.15) is 20.7 Å². The first kappa shape index (κ1) is 14.3. The number of carbonyl (C=O) groups is 2. The molecule has 2 aromatic carbocycles. The van der Waals surface area contributed by atoms with Gasteiger partial charge in [-0.05, 0) is 30.3 Å². The van der Waals surface area contributed by atoms with Crippen molar-refractivity contribution in [2.75, 3.05) is 5.32 Å². The van der Waals surface area contributed by atoms with Gasteiger partial charge in [0.25, 0.3) is 11.6 Å². The topological polar surface area (TPSA) is 89.3 Å². The summed E-state index contributed by atoms with van der Waals surface area (Å²) in [5.41, 5.74) is 0.0809. The molecule has 2 aromatic rings. The highest BCUT2D eigenvalue weighted by Crippen LogP contribution is 2.18. The third-order valence-corrected chi connectivity index (χ3v) is 2.71. The summed E-state index contributed by atoms with van der Waals surface area (Å²) in [6.07, 6.45) is 0.654. The van der Waals surface area contributed by atoms with Crippen molar-refractivity contribution in [1.29, 1.82) is 0 Å². The van der Waals surface area contributed by atoms with Gasteiger partial charge in [-0.15, -0.1) is 0 Å². The molecular weight excluding hydrogens is 279 g/mol. The van der Waals surface area contributed by atoms with E-state index in [4.69, 9.17) is 0 Å². The fourth-order valence-corrected chi connectivity index (χ4v) is 1.65. The number of nitro groups is 1. The Balaban J connectivity index is 2.19. The summed E-state index contributed by atoms with van der Waals surface area (Å²) in [6.45, 7) is 0. The smallest absolute Gasteiger partial charge is 0.272 e. The molecule has 0 aliphatic heterocycles. The fourth-order valence-electron chi connectivity index (χ4n) is 1.65. The minimum Gasteiger partial charge on any atom is -0.322 e. The number of benzene rings is 2. The molecule has 0 bridgehead atoms. The normalized spacial score (nSPS) is 9.95. The Kier molecular flexibility index (Phi) is 4.03. The van der Waals surface area contributed by atoms with Gasteiger partial charge < -0.3 is 5.32 Å². The van der Waals surface area contributed by atoms with Crippen LogP contribution in [0.5, 0.6) is 0 Å². The predicted octanol–water partition coefficient (Wildman–Crippen LogP) is 2.80. The Morgan fingerprint density at radius 1 is 1.19 bits per heavy atom. The fraction of sp³-hybridized carbons (Fsp3) is 0. The molecule has 0 radical (unpaired) electrons. The third kappa shape index (κ3) is 3.27. The number of hydrogen-bond acceptors (Lipinski definition) is 4. The Morgan fingerprint density at radius 2 is 1.86 bits per heavy atom. The largest absolute Gasteiger partial charge is 0.322 e. The zero-order chi connectivity index (χ0) is 15.4.